The van der Waals surface area contributed by atoms with E-state index in [9.17, 15) is 4.21 Å². The van der Waals surface area contributed by atoms with Crippen molar-refractivity contribution in [2.45, 2.75) is 70.1 Å². The molecule has 0 bridgehead atoms. The Morgan fingerprint density at radius 2 is 2.23 bits per heavy atom. The van der Waals surface area contributed by atoms with Gasteiger partial charge in [0.05, 0.1) is 10.7 Å². The van der Waals surface area contributed by atoms with Gasteiger partial charge in [-0.25, -0.2) is 4.98 Å². The van der Waals surface area contributed by atoms with Crippen LogP contribution in [0.3, 0.4) is 0 Å². The molecular weight excluding hydrogens is 479 g/mol. The maximum atomic E-state index is 12.1. The summed E-state index contributed by atoms with van der Waals surface area (Å²) >= 11 is 1.74. The molecule has 0 saturated heterocycles. The fourth-order valence-corrected chi connectivity index (χ4v) is 5.37. The highest BCUT2D eigenvalue weighted by molar-refractivity contribution is 14.0. The molecule has 0 aromatic carbocycles. The average Bonchev–Trinajstić information content (AvgIpc) is 3.09. The van der Waals surface area contributed by atoms with Crippen molar-refractivity contribution < 1.29 is 4.21 Å². The van der Waals surface area contributed by atoms with Gasteiger partial charge >= 0.3 is 0 Å². The summed E-state index contributed by atoms with van der Waals surface area (Å²) in [7, 11) is 1.11. The predicted molar refractivity (Wildman–Crippen MR) is 125 cm³/mol. The molecule has 150 valence electrons. The van der Waals surface area contributed by atoms with Crippen molar-refractivity contribution >= 4 is 52.1 Å². The number of rotatable bonds is 7. The molecule has 1 heterocycles. The van der Waals surface area contributed by atoms with Crippen LogP contribution in [0.4, 0.5) is 0 Å². The number of hydrogen-bond donors (Lipinski definition) is 2. The Morgan fingerprint density at radius 3 is 2.85 bits per heavy atom. The lowest BCUT2D eigenvalue weighted by molar-refractivity contribution is 0.413. The molecule has 1 fully saturated rings. The molecule has 26 heavy (non-hydrogen) atoms. The Bertz CT molecular complexity index is 592. The molecule has 3 atom stereocenters. The topological polar surface area (TPSA) is 66.4 Å². The highest BCUT2D eigenvalue weighted by Crippen LogP contribution is 2.23. The first-order valence-corrected chi connectivity index (χ1v) is 11.6. The fraction of sp³-hybridized carbons (Fsp3) is 0.778. The predicted octanol–water partition coefficient (Wildman–Crippen LogP) is 3.67. The standard InChI is InChI=1S/C18H32N4OS2.HI/c1-5-25(23)16-8-6-7-14(11-16)22-18(19-4)20-10-9-15-12-24-17(21-15)13(2)3;/h12-14,16H,5-11H2,1-4H3,(H2,19,20,22);1H. The van der Waals surface area contributed by atoms with Gasteiger partial charge in [0, 0.05) is 59.2 Å². The fourth-order valence-electron chi connectivity index (χ4n) is 3.15. The van der Waals surface area contributed by atoms with Crippen LogP contribution in [0.5, 0.6) is 0 Å². The number of aromatic nitrogens is 1. The Kier molecular flexibility index (Phi) is 11.2. The number of thiazole rings is 1. The van der Waals surface area contributed by atoms with E-state index in [-0.39, 0.29) is 24.0 Å². The summed E-state index contributed by atoms with van der Waals surface area (Å²) in [6, 6.07) is 0.368. The number of halogens is 1. The quantitative estimate of drug-likeness (QED) is 0.333. The maximum Gasteiger partial charge on any atom is 0.191 e. The second-order valence-electron chi connectivity index (χ2n) is 6.88. The van der Waals surface area contributed by atoms with Crippen LogP contribution in [-0.4, -0.2) is 45.8 Å². The summed E-state index contributed by atoms with van der Waals surface area (Å²) in [5.41, 5.74) is 1.15. The van der Waals surface area contributed by atoms with Gasteiger partial charge < -0.3 is 10.6 Å². The third-order valence-corrected chi connectivity index (χ3v) is 7.52. The molecule has 8 heteroatoms. The first-order chi connectivity index (χ1) is 12.0. The number of nitrogens with one attached hydrogen (secondary N) is 2. The number of guanidine groups is 1. The van der Waals surface area contributed by atoms with Gasteiger partial charge in [-0.3, -0.25) is 9.20 Å². The lowest BCUT2D eigenvalue weighted by Crippen LogP contribution is -2.47. The lowest BCUT2D eigenvalue weighted by Gasteiger charge is -2.30. The van der Waals surface area contributed by atoms with E-state index in [4.69, 9.17) is 0 Å². The van der Waals surface area contributed by atoms with Crippen LogP contribution >= 0.6 is 35.3 Å². The molecule has 2 rings (SSSR count). The lowest BCUT2D eigenvalue weighted by atomic mass is 9.95. The summed E-state index contributed by atoms with van der Waals surface area (Å²) in [6.45, 7) is 7.18. The first kappa shape index (κ1) is 23.8. The minimum atomic E-state index is -0.690. The molecule has 0 radical (unpaired) electrons. The van der Waals surface area contributed by atoms with Crippen molar-refractivity contribution in [3.05, 3.63) is 16.1 Å². The molecule has 1 aliphatic carbocycles. The molecule has 0 aliphatic heterocycles. The number of aliphatic imine (C=N–C) groups is 1. The zero-order valence-corrected chi connectivity index (χ0v) is 20.2. The van der Waals surface area contributed by atoms with Crippen LogP contribution in [0.15, 0.2) is 10.4 Å². The monoisotopic (exact) mass is 512 g/mol. The van der Waals surface area contributed by atoms with Crippen molar-refractivity contribution in [3.63, 3.8) is 0 Å². The largest absolute Gasteiger partial charge is 0.356 e. The molecule has 0 amide bonds. The first-order valence-electron chi connectivity index (χ1n) is 9.32. The van der Waals surface area contributed by atoms with Crippen molar-refractivity contribution in [2.75, 3.05) is 19.3 Å². The van der Waals surface area contributed by atoms with E-state index < -0.39 is 10.8 Å². The average molecular weight is 513 g/mol. The summed E-state index contributed by atoms with van der Waals surface area (Å²) in [5.74, 6) is 2.09. The molecule has 1 aromatic rings. The van der Waals surface area contributed by atoms with Crippen molar-refractivity contribution in [3.8, 4) is 0 Å². The molecule has 5 nitrogen and oxygen atoms in total. The van der Waals surface area contributed by atoms with Gasteiger partial charge in [0.25, 0.3) is 0 Å². The van der Waals surface area contributed by atoms with Crippen LogP contribution in [0, 0.1) is 0 Å². The maximum absolute atomic E-state index is 12.1. The Hall–Kier alpha value is -0.220. The Labute approximate surface area is 181 Å². The van der Waals surface area contributed by atoms with Crippen molar-refractivity contribution in [2.24, 2.45) is 4.99 Å². The van der Waals surface area contributed by atoms with E-state index in [0.29, 0.717) is 17.2 Å². The number of nitrogens with zero attached hydrogens (tertiary/aromatic N) is 2. The highest BCUT2D eigenvalue weighted by Gasteiger charge is 2.25. The van der Waals surface area contributed by atoms with Gasteiger partial charge in [0.15, 0.2) is 5.96 Å². The normalized spacial score (nSPS) is 22.0. The van der Waals surface area contributed by atoms with E-state index in [1.54, 1.807) is 18.4 Å². The summed E-state index contributed by atoms with van der Waals surface area (Å²) < 4.78 is 12.1. The molecular formula is C18H33IN4OS2. The van der Waals surface area contributed by atoms with E-state index in [1.807, 2.05) is 6.92 Å². The van der Waals surface area contributed by atoms with Gasteiger partial charge in [-0.1, -0.05) is 27.2 Å². The van der Waals surface area contributed by atoms with Crippen LogP contribution in [0.25, 0.3) is 0 Å². The third kappa shape index (κ3) is 7.42. The summed E-state index contributed by atoms with van der Waals surface area (Å²) in [5, 5.41) is 10.6. The van der Waals surface area contributed by atoms with Crippen LogP contribution < -0.4 is 10.6 Å². The minimum Gasteiger partial charge on any atom is -0.356 e. The summed E-state index contributed by atoms with van der Waals surface area (Å²) in [6.07, 6.45) is 5.23. The van der Waals surface area contributed by atoms with Crippen LogP contribution in [0.1, 0.15) is 63.1 Å². The Balaban J connectivity index is 0.00000338. The van der Waals surface area contributed by atoms with E-state index in [2.05, 4.69) is 39.8 Å². The molecule has 1 aliphatic rings. The SMILES string of the molecule is CCS(=O)C1CCCC(NC(=NC)NCCc2csc(C(C)C)n2)C1.I. The highest BCUT2D eigenvalue weighted by atomic mass is 127. The second kappa shape index (κ2) is 12.3. The van der Waals surface area contributed by atoms with Gasteiger partial charge in [0.1, 0.15) is 0 Å². The zero-order chi connectivity index (χ0) is 18.2. The molecule has 0 spiro atoms. The van der Waals surface area contributed by atoms with E-state index >= 15 is 0 Å². The molecule has 3 unspecified atom stereocenters. The van der Waals surface area contributed by atoms with Gasteiger partial charge in [-0.2, -0.15) is 0 Å². The second-order valence-corrected chi connectivity index (χ2v) is 9.78. The van der Waals surface area contributed by atoms with E-state index in [1.165, 1.54) is 5.01 Å². The smallest absolute Gasteiger partial charge is 0.191 e. The molecule has 1 saturated carbocycles. The Morgan fingerprint density at radius 1 is 1.46 bits per heavy atom. The van der Waals surface area contributed by atoms with Crippen LogP contribution in [0.2, 0.25) is 0 Å². The third-order valence-electron chi connectivity index (χ3n) is 4.58. The zero-order valence-electron chi connectivity index (χ0n) is 16.3. The van der Waals surface area contributed by atoms with Crippen molar-refractivity contribution in [1.82, 2.24) is 15.6 Å². The summed E-state index contributed by atoms with van der Waals surface area (Å²) in [4.78, 5) is 9.01. The molecule has 2 N–H and O–H groups in total. The van der Waals surface area contributed by atoms with Gasteiger partial charge in [0.2, 0.25) is 0 Å². The van der Waals surface area contributed by atoms with Crippen LogP contribution in [-0.2, 0) is 17.2 Å². The van der Waals surface area contributed by atoms with Crippen molar-refractivity contribution in [1.29, 1.82) is 0 Å². The number of hydrogen-bond acceptors (Lipinski definition) is 4. The van der Waals surface area contributed by atoms with Gasteiger partial charge in [-0.05, 0) is 19.3 Å². The minimum absolute atomic E-state index is 0. The molecule has 1 aromatic heterocycles. The van der Waals surface area contributed by atoms with E-state index in [0.717, 1.165) is 56.1 Å². The van der Waals surface area contributed by atoms with Gasteiger partial charge in [-0.15, -0.1) is 35.3 Å².